The van der Waals surface area contributed by atoms with Crippen molar-refractivity contribution in [3.63, 3.8) is 0 Å². The first kappa shape index (κ1) is 18.1. The van der Waals surface area contributed by atoms with Crippen molar-refractivity contribution in [3.05, 3.63) is 30.4 Å². The third-order valence-corrected chi connectivity index (χ3v) is 5.74. The molecule has 5 heteroatoms. The van der Waals surface area contributed by atoms with E-state index in [0.717, 1.165) is 24.3 Å². The molecule has 2 aromatic heterocycles. The predicted octanol–water partition coefficient (Wildman–Crippen LogP) is 4.69. The molecule has 0 bridgehead atoms. The molecule has 3 rings (SSSR count). The Kier molecular flexibility index (Phi) is 5.84. The van der Waals surface area contributed by atoms with Gasteiger partial charge in [-0.3, -0.25) is 4.98 Å². The van der Waals surface area contributed by atoms with Crippen molar-refractivity contribution in [2.45, 2.75) is 70.8 Å². The summed E-state index contributed by atoms with van der Waals surface area (Å²) >= 11 is 0. The highest BCUT2D eigenvalue weighted by molar-refractivity contribution is 5.52. The van der Waals surface area contributed by atoms with Crippen LogP contribution in [-0.4, -0.2) is 15.1 Å². The van der Waals surface area contributed by atoms with E-state index >= 15 is 0 Å². The van der Waals surface area contributed by atoms with E-state index in [0.29, 0.717) is 17.6 Å². The first-order valence-corrected chi connectivity index (χ1v) is 9.64. The zero-order valence-corrected chi connectivity index (χ0v) is 15.4. The monoisotopic (exact) mass is 342 g/mol. The Morgan fingerprint density at radius 1 is 1.16 bits per heavy atom. The van der Waals surface area contributed by atoms with Crippen LogP contribution >= 0.6 is 0 Å². The van der Waals surface area contributed by atoms with Gasteiger partial charge in [0.15, 0.2) is 0 Å². The van der Waals surface area contributed by atoms with Crippen molar-refractivity contribution in [2.75, 3.05) is 0 Å². The van der Waals surface area contributed by atoms with Crippen LogP contribution in [0.25, 0.3) is 11.4 Å². The van der Waals surface area contributed by atoms with Gasteiger partial charge in [0, 0.05) is 18.0 Å². The maximum absolute atomic E-state index is 6.66. The van der Waals surface area contributed by atoms with Crippen LogP contribution < -0.4 is 5.73 Å². The van der Waals surface area contributed by atoms with E-state index in [-0.39, 0.29) is 0 Å². The molecule has 1 unspecified atom stereocenters. The maximum Gasteiger partial charge on any atom is 0.247 e. The molecule has 5 nitrogen and oxygen atoms in total. The van der Waals surface area contributed by atoms with Gasteiger partial charge in [0.25, 0.3) is 0 Å². The highest BCUT2D eigenvalue weighted by Crippen LogP contribution is 2.40. The van der Waals surface area contributed by atoms with Crippen LogP contribution in [0.3, 0.4) is 0 Å². The van der Waals surface area contributed by atoms with Crippen LogP contribution in [0, 0.1) is 11.8 Å². The summed E-state index contributed by atoms with van der Waals surface area (Å²) in [7, 11) is 0. The lowest BCUT2D eigenvalue weighted by Crippen LogP contribution is -2.43. The topological polar surface area (TPSA) is 77.8 Å². The van der Waals surface area contributed by atoms with Gasteiger partial charge in [0.05, 0.1) is 5.54 Å². The predicted molar refractivity (Wildman–Crippen MR) is 98.7 cm³/mol. The van der Waals surface area contributed by atoms with Gasteiger partial charge in [-0.2, -0.15) is 4.98 Å². The van der Waals surface area contributed by atoms with Crippen molar-refractivity contribution in [3.8, 4) is 11.4 Å². The van der Waals surface area contributed by atoms with Gasteiger partial charge in [0.1, 0.15) is 0 Å². The zero-order valence-electron chi connectivity index (χ0n) is 15.4. The molecule has 136 valence electrons. The summed E-state index contributed by atoms with van der Waals surface area (Å²) in [5, 5.41) is 4.12. The molecule has 2 N–H and O–H groups in total. The van der Waals surface area contributed by atoms with Crippen molar-refractivity contribution in [1.29, 1.82) is 0 Å². The van der Waals surface area contributed by atoms with Crippen molar-refractivity contribution in [2.24, 2.45) is 17.6 Å². The van der Waals surface area contributed by atoms with Crippen LogP contribution in [0.2, 0.25) is 0 Å². The Morgan fingerprint density at radius 3 is 2.56 bits per heavy atom. The number of rotatable bonds is 7. The lowest BCUT2D eigenvalue weighted by molar-refractivity contribution is 0.146. The second-order valence-electron chi connectivity index (χ2n) is 7.66. The van der Waals surface area contributed by atoms with E-state index in [1.54, 1.807) is 12.4 Å². The Bertz CT molecular complexity index is 645. The first-order chi connectivity index (χ1) is 12.1. The minimum Gasteiger partial charge on any atom is -0.337 e. The molecule has 0 spiro atoms. The fraction of sp³-hybridized carbons (Fsp3) is 0.650. The first-order valence-electron chi connectivity index (χ1n) is 9.64. The van der Waals surface area contributed by atoms with Crippen LogP contribution in [0.4, 0.5) is 0 Å². The van der Waals surface area contributed by atoms with Crippen LogP contribution in [-0.2, 0) is 5.54 Å². The van der Waals surface area contributed by atoms with Gasteiger partial charge in [-0.1, -0.05) is 50.6 Å². The second-order valence-corrected chi connectivity index (χ2v) is 7.66. The van der Waals surface area contributed by atoms with E-state index in [1.807, 2.05) is 19.1 Å². The minimum absolute atomic E-state index is 0.403. The molecular formula is C20H30N4O. The Hall–Kier alpha value is -1.75. The zero-order chi connectivity index (χ0) is 17.7. The van der Waals surface area contributed by atoms with Crippen molar-refractivity contribution < 1.29 is 4.52 Å². The molecule has 0 saturated heterocycles. The average molecular weight is 342 g/mol. The summed E-state index contributed by atoms with van der Waals surface area (Å²) in [6, 6.07) is 3.76. The van der Waals surface area contributed by atoms with Crippen LogP contribution in [0.5, 0.6) is 0 Å². The van der Waals surface area contributed by atoms with Crippen LogP contribution in [0.15, 0.2) is 29.0 Å². The van der Waals surface area contributed by atoms with E-state index in [1.165, 1.54) is 38.5 Å². The number of nitrogens with zero attached hydrogens (tertiary/aromatic N) is 3. The summed E-state index contributed by atoms with van der Waals surface area (Å²) in [6.07, 6.45) is 13.7. The number of hydrogen-bond acceptors (Lipinski definition) is 5. The van der Waals surface area contributed by atoms with Gasteiger partial charge in [0.2, 0.25) is 11.7 Å². The molecule has 0 radical (unpaired) electrons. The molecule has 0 aromatic carbocycles. The molecule has 2 aromatic rings. The lowest BCUT2D eigenvalue weighted by Gasteiger charge is -2.36. The fourth-order valence-corrected chi connectivity index (χ4v) is 3.97. The van der Waals surface area contributed by atoms with E-state index < -0.39 is 5.54 Å². The van der Waals surface area contributed by atoms with Gasteiger partial charge in [-0.25, -0.2) is 0 Å². The number of pyridine rings is 1. The van der Waals surface area contributed by atoms with Gasteiger partial charge in [-0.05, 0) is 43.7 Å². The Morgan fingerprint density at radius 2 is 1.88 bits per heavy atom. The Balaban J connectivity index is 1.62. The van der Waals surface area contributed by atoms with Crippen molar-refractivity contribution >= 4 is 0 Å². The molecule has 0 amide bonds. The largest absolute Gasteiger partial charge is 0.337 e. The standard InChI is InChI=1S/C20H30N4O/c1-3-4-5-6-15-7-9-17(10-8-15)20(2,21)19-23-18(24-25-19)16-11-13-22-14-12-16/h11-15,17H,3-10,21H2,1-2H3. The minimum atomic E-state index is -0.563. The van der Waals surface area contributed by atoms with Gasteiger partial charge >= 0.3 is 0 Å². The fourth-order valence-electron chi connectivity index (χ4n) is 3.97. The van der Waals surface area contributed by atoms with E-state index in [9.17, 15) is 0 Å². The summed E-state index contributed by atoms with van der Waals surface area (Å²) < 4.78 is 5.54. The van der Waals surface area contributed by atoms with E-state index in [2.05, 4.69) is 22.0 Å². The number of hydrogen-bond donors (Lipinski definition) is 1. The average Bonchev–Trinajstić information content (AvgIpc) is 3.14. The normalized spacial score (nSPS) is 23.3. The summed E-state index contributed by atoms with van der Waals surface area (Å²) in [5.74, 6) is 2.41. The van der Waals surface area contributed by atoms with Gasteiger partial charge < -0.3 is 10.3 Å². The number of aromatic nitrogens is 3. The number of unbranched alkanes of at least 4 members (excludes halogenated alkanes) is 2. The highest BCUT2D eigenvalue weighted by atomic mass is 16.5. The Labute approximate surface area is 150 Å². The third-order valence-electron chi connectivity index (χ3n) is 5.74. The molecule has 0 aliphatic heterocycles. The molecule has 1 atom stereocenters. The summed E-state index contributed by atoms with van der Waals surface area (Å²) in [6.45, 7) is 4.31. The van der Waals surface area contributed by atoms with Crippen molar-refractivity contribution in [1.82, 2.24) is 15.1 Å². The SMILES string of the molecule is CCCCCC1CCC(C(C)(N)c2nc(-c3ccncc3)no2)CC1. The summed E-state index contributed by atoms with van der Waals surface area (Å²) in [5.41, 5.74) is 7.00. The second kappa shape index (κ2) is 8.09. The third kappa shape index (κ3) is 4.27. The highest BCUT2D eigenvalue weighted by Gasteiger charge is 2.39. The maximum atomic E-state index is 6.66. The molecule has 1 fully saturated rings. The molecule has 1 saturated carbocycles. The number of nitrogens with two attached hydrogens (primary N) is 1. The quantitative estimate of drug-likeness (QED) is 0.738. The smallest absolute Gasteiger partial charge is 0.247 e. The molecule has 1 aliphatic carbocycles. The molecule has 1 aliphatic rings. The van der Waals surface area contributed by atoms with Gasteiger partial charge in [-0.15, -0.1) is 0 Å². The molecule has 2 heterocycles. The molecular weight excluding hydrogens is 312 g/mol. The van der Waals surface area contributed by atoms with Crippen LogP contribution in [0.1, 0.15) is 71.1 Å². The summed E-state index contributed by atoms with van der Waals surface area (Å²) in [4.78, 5) is 8.60. The lowest BCUT2D eigenvalue weighted by atomic mass is 9.72. The van der Waals surface area contributed by atoms with E-state index in [4.69, 9.17) is 10.3 Å². The molecule has 25 heavy (non-hydrogen) atoms.